The van der Waals surface area contributed by atoms with E-state index in [1.807, 2.05) is 0 Å². The fourth-order valence-corrected chi connectivity index (χ4v) is 1.07. The molecule has 0 aromatic heterocycles. The summed E-state index contributed by atoms with van der Waals surface area (Å²) in [5.74, 6) is 0. The van der Waals surface area contributed by atoms with Gasteiger partial charge < -0.3 is 14.4 Å². The van der Waals surface area contributed by atoms with Gasteiger partial charge in [-0.1, -0.05) is 0 Å². The zero-order chi connectivity index (χ0) is 9.78. The number of rotatable bonds is 5. The van der Waals surface area contributed by atoms with Crippen LogP contribution in [0.25, 0.3) is 0 Å². The summed E-state index contributed by atoms with van der Waals surface area (Å²) < 4.78 is 36.7. The molecule has 12 heavy (non-hydrogen) atoms. The minimum absolute atomic E-state index is 0.480. The first-order chi connectivity index (χ1) is 5.45. The molecule has 0 radical (unpaired) electrons. The Labute approximate surface area is 67.7 Å². The van der Waals surface area contributed by atoms with Crippen molar-refractivity contribution >= 4 is 16.6 Å². The van der Waals surface area contributed by atoms with Crippen LogP contribution in [0.3, 0.4) is 0 Å². The van der Waals surface area contributed by atoms with Crippen LogP contribution in [0.2, 0.25) is 0 Å². The van der Waals surface area contributed by atoms with Crippen molar-refractivity contribution in [3.63, 3.8) is 0 Å². The summed E-state index contributed by atoms with van der Waals surface area (Å²) in [4.78, 5) is 9.52. The number of carbonyl (C=O) groups excluding carboxylic acids is 1. The van der Waals surface area contributed by atoms with Crippen molar-refractivity contribution in [3.8, 4) is 0 Å². The first-order valence-electron chi connectivity index (χ1n) is 2.74. The summed E-state index contributed by atoms with van der Waals surface area (Å²) >= 11 is 0. The van der Waals surface area contributed by atoms with Crippen LogP contribution in [0.5, 0.6) is 0 Å². The molecular weight excluding hydrogens is 195 g/mol. The van der Waals surface area contributed by atoms with Gasteiger partial charge in [0, 0.05) is 0 Å². The van der Waals surface area contributed by atoms with Crippen molar-refractivity contribution in [2.75, 3.05) is 6.61 Å². The maximum absolute atomic E-state index is 12.5. The number of carbonyl (C=O) groups is 1. The van der Waals surface area contributed by atoms with Crippen molar-refractivity contribution in [3.05, 3.63) is 0 Å². The molecule has 0 aliphatic rings. The zero-order valence-corrected chi connectivity index (χ0v) is 6.57. The average molecular weight is 202 g/mol. The molecule has 2 unspecified atom stereocenters. The fraction of sp³-hybridized carbons (Fsp3) is 0.750. The van der Waals surface area contributed by atoms with Crippen LogP contribution >= 0.6 is 0 Å². The van der Waals surface area contributed by atoms with Crippen LogP contribution < -0.4 is 0 Å². The normalized spacial score (nSPS) is 16.6. The molecule has 2 N–H and O–H groups in total. The van der Waals surface area contributed by atoms with Crippen LogP contribution in [0.1, 0.15) is 0 Å². The molecule has 0 aromatic carbocycles. The lowest BCUT2D eigenvalue weighted by Crippen LogP contribution is -2.33. The van der Waals surface area contributed by atoms with Crippen LogP contribution in [0.4, 0.5) is 4.39 Å². The van der Waals surface area contributed by atoms with Gasteiger partial charge in [0.15, 0.2) is 0 Å². The standard InChI is InChI=1S/C4H7FO6S/c5-4(3(8)1-6)12(9,10)11-2-7/h2-4,6,8H,1H2. The maximum Gasteiger partial charge on any atom is 0.347 e. The molecule has 0 saturated heterocycles. The largest absolute Gasteiger partial charge is 0.394 e. The Morgan fingerprint density at radius 3 is 2.42 bits per heavy atom. The maximum atomic E-state index is 12.5. The number of aliphatic hydroxyl groups excluding tert-OH is 2. The smallest absolute Gasteiger partial charge is 0.347 e. The Morgan fingerprint density at radius 2 is 2.08 bits per heavy atom. The molecule has 0 amide bonds. The van der Waals surface area contributed by atoms with E-state index in [1.54, 1.807) is 0 Å². The van der Waals surface area contributed by atoms with Gasteiger partial charge in [0.2, 0.25) is 0 Å². The molecule has 72 valence electrons. The number of hydrogen-bond donors (Lipinski definition) is 2. The van der Waals surface area contributed by atoms with Gasteiger partial charge in [-0.25, -0.2) is 4.39 Å². The summed E-state index contributed by atoms with van der Waals surface area (Å²) in [5.41, 5.74) is -2.83. The molecule has 8 heteroatoms. The van der Waals surface area contributed by atoms with E-state index in [0.29, 0.717) is 0 Å². The predicted molar refractivity (Wildman–Crippen MR) is 34.1 cm³/mol. The predicted octanol–water partition coefficient (Wildman–Crippen LogP) is -1.86. The molecule has 0 aliphatic heterocycles. The second-order valence-corrected chi connectivity index (χ2v) is 3.41. The van der Waals surface area contributed by atoms with Gasteiger partial charge in [0.25, 0.3) is 5.50 Å². The van der Waals surface area contributed by atoms with Crippen LogP contribution in [-0.2, 0) is 19.1 Å². The lowest BCUT2D eigenvalue weighted by Gasteiger charge is -2.10. The number of alkyl halides is 1. The highest BCUT2D eigenvalue weighted by Gasteiger charge is 2.33. The monoisotopic (exact) mass is 202 g/mol. The molecule has 6 nitrogen and oxygen atoms in total. The molecule has 0 rings (SSSR count). The molecule has 2 atom stereocenters. The molecule has 0 fully saturated rings. The molecule has 0 aromatic rings. The average Bonchev–Trinajstić information content (AvgIpc) is 2.01. The fourth-order valence-electron chi connectivity index (χ4n) is 0.383. The number of aliphatic hydroxyl groups is 2. The summed E-state index contributed by atoms with van der Waals surface area (Å²) in [6, 6.07) is 0. The molecule has 0 aliphatic carbocycles. The van der Waals surface area contributed by atoms with Gasteiger partial charge in [0.05, 0.1) is 6.61 Å². The number of hydrogen-bond acceptors (Lipinski definition) is 6. The zero-order valence-electron chi connectivity index (χ0n) is 5.75. The van der Waals surface area contributed by atoms with Crippen LogP contribution in [0.15, 0.2) is 0 Å². The molecule has 0 heterocycles. The second-order valence-electron chi connectivity index (χ2n) is 1.79. The Hall–Kier alpha value is -0.730. The third kappa shape index (κ3) is 2.72. The van der Waals surface area contributed by atoms with E-state index in [1.165, 1.54) is 0 Å². The van der Waals surface area contributed by atoms with E-state index < -0.39 is 34.8 Å². The summed E-state index contributed by atoms with van der Waals surface area (Å²) in [5, 5.41) is 16.6. The SMILES string of the molecule is O=COS(=O)(=O)C(F)C(O)CO. The summed E-state index contributed by atoms with van der Waals surface area (Å²) in [7, 11) is -4.77. The van der Waals surface area contributed by atoms with Crippen LogP contribution in [0, 0.1) is 0 Å². The first-order valence-corrected chi connectivity index (χ1v) is 4.21. The lowest BCUT2D eigenvalue weighted by molar-refractivity contribution is -0.120. The van der Waals surface area contributed by atoms with E-state index in [9.17, 15) is 17.6 Å². The summed E-state index contributed by atoms with van der Waals surface area (Å²) in [6.07, 6.45) is -2.12. The van der Waals surface area contributed by atoms with E-state index in [2.05, 4.69) is 4.18 Å². The van der Waals surface area contributed by atoms with E-state index in [4.69, 9.17) is 10.2 Å². The molecule has 0 saturated carbocycles. The minimum Gasteiger partial charge on any atom is -0.394 e. The molecular formula is C4H7FO6S. The second kappa shape index (κ2) is 4.33. The van der Waals surface area contributed by atoms with Gasteiger partial charge in [-0.2, -0.15) is 8.42 Å². The van der Waals surface area contributed by atoms with Crippen LogP contribution in [-0.4, -0.2) is 43.3 Å². The third-order valence-electron chi connectivity index (χ3n) is 0.939. The quantitative estimate of drug-likeness (QED) is 0.400. The lowest BCUT2D eigenvalue weighted by atomic mass is 10.4. The Balaban J connectivity index is 4.45. The topological polar surface area (TPSA) is 101 Å². The number of halogens is 1. The van der Waals surface area contributed by atoms with Crippen molar-refractivity contribution in [1.29, 1.82) is 0 Å². The van der Waals surface area contributed by atoms with Crippen molar-refractivity contribution < 1.29 is 32.0 Å². The highest BCUT2D eigenvalue weighted by atomic mass is 32.2. The van der Waals surface area contributed by atoms with E-state index in [-0.39, 0.29) is 0 Å². The van der Waals surface area contributed by atoms with Gasteiger partial charge >= 0.3 is 16.6 Å². The van der Waals surface area contributed by atoms with Crippen molar-refractivity contribution in [2.24, 2.45) is 0 Å². The Bertz CT molecular complexity index is 236. The van der Waals surface area contributed by atoms with Gasteiger partial charge in [-0.15, -0.1) is 0 Å². The van der Waals surface area contributed by atoms with Gasteiger partial charge in [-0.3, -0.25) is 4.79 Å². The summed E-state index contributed by atoms with van der Waals surface area (Å²) in [6.45, 7) is -1.56. The highest BCUT2D eigenvalue weighted by molar-refractivity contribution is 7.87. The van der Waals surface area contributed by atoms with Gasteiger partial charge in [0.1, 0.15) is 6.10 Å². The van der Waals surface area contributed by atoms with E-state index >= 15 is 0 Å². The Kier molecular flexibility index (Phi) is 4.07. The Morgan fingerprint density at radius 1 is 1.58 bits per heavy atom. The minimum atomic E-state index is -4.77. The molecule has 0 spiro atoms. The third-order valence-corrected chi connectivity index (χ3v) is 2.15. The van der Waals surface area contributed by atoms with E-state index in [0.717, 1.165) is 0 Å². The van der Waals surface area contributed by atoms with Gasteiger partial charge in [-0.05, 0) is 0 Å². The first kappa shape index (κ1) is 11.3. The van der Waals surface area contributed by atoms with Crippen molar-refractivity contribution in [2.45, 2.75) is 11.6 Å². The highest BCUT2D eigenvalue weighted by Crippen LogP contribution is 2.09. The molecule has 0 bridgehead atoms. The van der Waals surface area contributed by atoms with Crippen molar-refractivity contribution in [1.82, 2.24) is 0 Å².